The monoisotopic (exact) mass is 304 g/mol. The van der Waals surface area contributed by atoms with Crippen LogP contribution in [0.5, 0.6) is 0 Å². The summed E-state index contributed by atoms with van der Waals surface area (Å²) in [7, 11) is 0. The molecule has 20 heavy (non-hydrogen) atoms. The number of rotatable bonds is 2. The van der Waals surface area contributed by atoms with E-state index < -0.39 is 5.24 Å². The molecule has 0 aliphatic heterocycles. The first-order valence-corrected chi connectivity index (χ1v) is 6.95. The summed E-state index contributed by atoms with van der Waals surface area (Å²) in [5, 5.41) is -0.151. The standard InChI is InChI=1S/C15H10Cl2N2O/c16-14-13(9-4-2-1-3-5-9)18-12-8-10(15(17)20)6-7-11(12)19-14/h2,4-8H,1,3H2. The van der Waals surface area contributed by atoms with E-state index in [1.807, 2.05) is 6.08 Å². The van der Waals surface area contributed by atoms with E-state index in [4.69, 9.17) is 23.2 Å². The Balaban J connectivity index is 2.18. The van der Waals surface area contributed by atoms with E-state index in [-0.39, 0.29) is 0 Å². The molecule has 0 bridgehead atoms. The second kappa shape index (κ2) is 5.35. The molecule has 1 aliphatic carbocycles. The van der Waals surface area contributed by atoms with E-state index in [0.717, 1.165) is 18.4 Å². The molecule has 1 aromatic carbocycles. The zero-order chi connectivity index (χ0) is 14.1. The molecule has 1 heterocycles. The van der Waals surface area contributed by atoms with Gasteiger partial charge in [0.05, 0.1) is 11.0 Å². The summed E-state index contributed by atoms with van der Waals surface area (Å²) < 4.78 is 0. The van der Waals surface area contributed by atoms with Crippen LogP contribution < -0.4 is 0 Å². The average Bonchev–Trinajstić information content (AvgIpc) is 2.47. The molecule has 0 radical (unpaired) electrons. The zero-order valence-electron chi connectivity index (χ0n) is 10.4. The summed E-state index contributed by atoms with van der Waals surface area (Å²) in [5.74, 6) is 0. The number of hydrogen-bond donors (Lipinski definition) is 0. The van der Waals surface area contributed by atoms with Crippen molar-refractivity contribution in [2.45, 2.75) is 12.8 Å². The van der Waals surface area contributed by atoms with Crippen molar-refractivity contribution >= 4 is 45.1 Å². The quantitative estimate of drug-likeness (QED) is 0.773. The maximum absolute atomic E-state index is 11.2. The van der Waals surface area contributed by atoms with Crippen molar-refractivity contribution in [3.63, 3.8) is 0 Å². The van der Waals surface area contributed by atoms with Crippen molar-refractivity contribution in [3.8, 4) is 0 Å². The lowest BCUT2D eigenvalue weighted by Crippen LogP contribution is -1.97. The van der Waals surface area contributed by atoms with Gasteiger partial charge in [0.15, 0.2) is 5.15 Å². The lowest BCUT2D eigenvalue weighted by molar-refractivity contribution is 0.108. The first kappa shape index (κ1) is 13.3. The molecule has 0 fully saturated rings. The molecule has 0 N–H and O–H groups in total. The molecular weight excluding hydrogens is 295 g/mol. The number of fused-ring (bicyclic) bond motifs is 1. The minimum atomic E-state index is -0.512. The molecule has 1 aliphatic rings. The molecule has 1 aromatic heterocycles. The van der Waals surface area contributed by atoms with Crippen LogP contribution >= 0.6 is 23.2 Å². The fourth-order valence-electron chi connectivity index (χ4n) is 2.13. The smallest absolute Gasteiger partial charge is 0.252 e. The fourth-order valence-corrected chi connectivity index (χ4v) is 2.49. The van der Waals surface area contributed by atoms with Crippen LogP contribution in [0.15, 0.2) is 36.4 Å². The molecule has 0 saturated carbocycles. The molecule has 2 aromatic rings. The molecule has 0 spiro atoms. The molecular formula is C15H10Cl2N2O. The van der Waals surface area contributed by atoms with Crippen LogP contribution in [0.1, 0.15) is 28.9 Å². The van der Waals surface area contributed by atoms with Gasteiger partial charge < -0.3 is 0 Å². The summed E-state index contributed by atoms with van der Waals surface area (Å²) in [5.41, 5.74) is 3.24. The van der Waals surface area contributed by atoms with Crippen molar-refractivity contribution in [1.82, 2.24) is 9.97 Å². The number of allylic oxidation sites excluding steroid dienone is 4. The highest BCUT2D eigenvalue weighted by atomic mass is 35.5. The van der Waals surface area contributed by atoms with Crippen LogP contribution in [0.25, 0.3) is 16.6 Å². The highest BCUT2D eigenvalue weighted by Crippen LogP contribution is 2.27. The van der Waals surface area contributed by atoms with Gasteiger partial charge in [0.25, 0.3) is 5.24 Å². The van der Waals surface area contributed by atoms with Gasteiger partial charge in [0.2, 0.25) is 0 Å². The second-order valence-electron chi connectivity index (χ2n) is 4.48. The highest BCUT2D eigenvalue weighted by Gasteiger charge is 2.12. The van der Waals surface area contributed by atoms with Gasteiger partial charge in [-0.1, -0.05) is 29.8 Å². The minimum Gasteiger partial charge on any atom is -0.276 e. The van der Waals surface area contributed by atoms with Crippen LogP contribution in [-0.2, 0) is 0 Å². The van der Waals surface area contributed by atoms with E-state index in [2.05, 4.69) is 22.1 Å². The Morgan fingerprint density at radius 1 is 1.15 bits per heavy atom. The molecule has 3 nitrogen and oxygen atoms in total. The van der Waals surface area contributed by atoms with E-state index in [1.165, 1.54) is 0 Å². The van der Waals surface area contributed by atoms with Crippen molar-refractivity contribution in [2.75, 3.05) is 0 Å². The van der Waals surface area contributed by atoms with Crippen LogP contribution in [0.2, 0.25) is 5.15 Å². The van der Waals surface area contributed by atoms with Gasteiger partial charge in [0.1, 0.15) is 5.69 Å². The number of aromatic nitrogens is 2. The van der Waals surface area contributed by atoms with Gasteiger partial charge in [0, 0.05) is 5.56 Å². The first-order chi connectivity index (χ1) is 9.65. The number of hydrogen-bond acceptors (Lipinski definition) is 3. The van der Waals surface area contributed by atoms with E-state index in [0.29, 0.717) is 27.4 Å². The molecule has 3 rings (SSSR count). The maximum atomic E-state index is 11.2. The number of carbonyl (C=O) groups excluding carboxylic acids is 1. The van der Waals surface area contributed by atoms with Crippen molar-refractivity contribution < 1.29 is 4.79 Å². The Kier molecular flexibility index (Phi) is 3.55. The minimum absolute atomic E-state index is 0.361. The summed E-state index contributed by atoms with van der Waals surface area (Å²) in [6, 6.07) is 4.94. The molecule has 100 valence electrons. The van der Waals surface area contributed by atoms with E-state index >= 15 is 0 Å². The second-order valence-corrected chi connectivity index (χ2v) is 5.18. The Morgan fingerprint density at radius 2 is 2.00 bits per heavy atom. The van der Waals surface area contributed by atoms with Gasteiger partial charge in [-0.25, -0.2) is 9.97 Å². The summed E-state index contributed by atoms with van der Waals surface area (Å²) in [6.45, 7) is 0. The Bertz CT molecular complexity index is 766. The molecule has 0 saturated heterocycles. The lowest BCUT2D eigenvalue weighted by atomic mass is 10.0. The van der Waals surface area contributed by atoms with Crippen LogP contribution in [-0.4, -0.2) is 15.2 Å². The van der Waals surface area contributed by atoms with Gasteiger partial charge in [-0.05, 0) is 48.2 Å². The third-order valence-corrected chi connectivity index (χ3v) is 3.60. The topological polar surface area (TPSA) is 42.9 Å². The maximum Gasteiger partial charge on any atom is 0.252 e. The van der Waals surface area contributed by atoms with E-state index in [9.17, 15) is 4.79 Å². The first-order valence-electron chi connectivity index (χ1n) is 6.19. The molecule has 0 atom stereocenters. The number of benzene rings is 1. The van der Waals surface area contributed by atoms with Crippen LogP contribution in [0.4, 0.5) is 0 Å². The van der Waals surface area contributed by atoms with Gasteiger partial charge in [-0.3, -0.25) is 4.79 Å². The molecule has 0 unspecified atom stereocenters. The van der Waals surface area contributed by atoms with Crippen LogP contribution in [0, 0.1) is 0 Å². The van der Waals surface area contributed by atoms with Crippen molar-refractivity contribution in [2.24, 2.45) is 0 Å². The third kappa shape index (κ3) is 2.47. The Labute approximate surface area is 125 Å². The predicted octanol–water partition coefficient (Wildman–Crippen LogP) is 4.40. The van der Waals surface area contributed by atoms with Crippen molar-refractivity contribution in [3.05, 3.63) is 52.8 Å². The van der Waals surface area contributed by atoms with Crippen molar-refractivity contribution in [1.29, 1.82) is 0 Å². The van der Waals surface area contributed by atoms with Gasteiger partial charge in [-0.15, -0.1) is 0 Å². The largest absolute Gasteiger partial charge is 0.276 e. The normalized spacial score (nSPS) is 14.4. The Hall–Kier alpha value is -1.71. The number of carbonyl (C=O) groups is 1. The summed E-state index contributed by atoms with van der Waals surface area (Å²) in [6.07, 6.45) is 8.13. The van der Waals surface area contributed by atoms with Crippen LogP contribution in [0.3, 0.4) is 0 Å². The van der Waals surface area contributed by atoms with Gasteiger partial charge >= 0.3 is 0 Å². The lowest BCUT2D eigenvalue weighted by Gasteiger charge is -2.09. The SMILES string of the molecule is O=C(Cl)c1ccc2nc(Cl)c(C3=CCCC=C3)nc2c1. The van der Waals surface area contributed by atoms with E-state index in [1.54, 1.807) is 18.2 Å². The zero-order valence-corrected chi connectivity index (χ0v) is 11.9. The number of halogens is 2. The van der Waals surface area contributed by atoms with Gasteiger partial charge in [-0.2, -0.15) is 0 Å². The Morgan fingerprint density at radius 3 is 2.70 bits per heavy atom. The third-order valence-electron chi connectivity index (χ3n) is 3.12. The molecule has 0 amide bonds. The summed E-state index contributed by atoms with van der Waals surface area (Å²) in [4.78, 5) is 20.1. The predicted molar refractivity (Wildman–Crippen MR) is 81.1 cm³/mol. The highest BCUT2D eigenvalue weighted by molar-refractivity contribution is 6.67. The average molecular weight is 305 g/mol. The fraction of sp³-hybridized carbons (Fsp3) is 0.133. The summed E-state index contributed by atoms with van der Waals surface area (Å²) >= 11 is 11.7. The number of nitrogens with zero attached hydrogens (tertiary/aromatic N) is 2. The molecule has 5 heteroatoms.